The molecule has 0 bridgehead atoms. The first-order valence-electron chi connectivity index (χ1n) is 12.9. The van der Waals surface area contributed by atoms with Crippen molar-refractivity contribution in [3.05, 3.63) is 78.1 Å². The van der Waals surface area contributed by atoms with Crippen LogP contribution in [0.5, 0.6) is 5.75 Å². The molecule has 2 aromatic heterocycles. The molecule has 2 aromatic carbocycles. The fraction of sp³-hybridized carbons (Fsp3) is 0.321. The predicted molar refractivity (Wildman–Crippen MR) is 154 cm³/mol. The number of aromatic nitrogens is 4. The Labute approximate surface area is 232 Å². The molecule has 0 aliphatic carbocycles. The first-order valence-corrected chi connectivity index (χ1v) is 13.6. The Morgan fingerprint density at radius 3 is 2.31 bits per heavy atom. The summed E-state index contributed by atoms with van der Waals surface area (Å²) < 4.78 is 8.89. The lowest BCUT2D eigenvalue weighted by Gasteiger charge is -2.34. The average Bonchev–Trinajstić information content (AvgIpc) is 3.39. The van der Waals surface area contributed by atoms with Crippen LogP contribution in [0.15, 0.2) is 67.0 Å². The van der Waals surface area contributed by atoms with Crippen molar-refractivity contribution >= 4 is 40.9 Å². The number of phenols is 1. The Morgan fingerprint density at radius 2 is 1.62 bits per heavy atom. The third-order valence-electron chi connectivity index (χ3n) is 6.69. The van der Waals surface area contributed by atoms with Crippen LogP contribution in [0.3, 0.4) is 0 Å². The molecule has 5 rings (SSSR count). The maximum Gasteiger partial charge on any atom is 0.257 e. The Kier molecular flexibility index (Phi) is 7.60. The maximum atomic E-state index is 13.3. The molecule has 1 aliphatic heterocycles. The van der Waals surface area contributed by atoms with Crippen molar-refractivity contribution < 1.29 is 9.90 Å². The van der Waals surface area contributed by atoms with Crippen LogP contribution >= 0.6 is 11.7 Å². The van der Waals surface area contributed by atoms with E-state index in [1.807, 2.05) is 23.1 Å². The Hall–Kier alpha value is -4.25. The Balaban J connectivity index is 1.30. The van der Waals surface area contributed by atoms with Crippen LogP contribution in [0.1, 0.15) is 42.7 Å². The summed E-state index contributed by atoms with van der Waals surface area (Å²) in [4.78, 5) is 25.7. The van der Waals surface area contributed by atoms with Gasteiger partial charge in [-0.2, -0.15) is 8.75 Å². The quantitative estimate of drug-likeness (QED) is 0.278. The second-order valence-corrected chi connectivity index (χ2v) is 11.0. The minimum atomic E-state index is -0.226. The number of phenolic OH excluding ortho intramolecular Hbond substituents is 1. The van der Waals surface area contributed by atoms with Crippen LogP contribution in [0.4, 0.5) is 23.3 Å². The van der Waals surface area contributed by atoms with E-state index in [1.54, 1.807) is 41.6 Å². The zero-order chi connectivity index (χ0) is 27.4. The first kappa shape index (κ1) is 26.4. The summed E-state index contributed by atoms with van der Waals surface area (Å²) in [7, 11) is 0. The molecule has 1 fully saturated rings. The highest BCUT2D eigenvalue weighted by Crippen LogP contribution is 2.38. The zero-order valence-electron chi connectivity index (χ0n) is 22.2. The summed E-state index contributed by atoms with van der Waals surface area (Å²) in [6, 6.07) is 17.1. The highest BCUT2D eigenvalue weighted by Gasteiger charge is 2.29. The van der Waals surface area contributed by atoms with Gasteiger partial charge in [-0.15, -0.1) is 0 Å². The molecule has 4 aromatic rings. The largest absolute Gasteiger partial charge is 0.505 e. The van der Waals surface area contributed by atoms with Crippen molar-refractivity contribution in [2.75, 3.05) is 41.7 Å². The van der Waals surface area contributed by atoms with E-state index in [0.717, 1.165) is 17.3 Å². The summed E-state index contributed by atoms with van der Waals surface area (Å²) >= 11 is 1.07. The minimum Gasteiger partial charge on any atom is -0.505 e. The number of anilines is 4. The molecule has 0 spiro atoms. The number of aromatic hydroxyl groups is 1. The number of hydrogen-bond acceptors (Lipinski definition) is 10. The van der Waals surface area contributed by atoms with E-state index >= 15 is 0 Å². The lowest BCUT2D eigenvalue weighted by molar-refractivity contribution is 0.0743. The van der Waals surface area contributed by atoms with E-state index in [2.05, 4.69) is 62.3 Å². The van der Waals surface area contributed by atoms with Crippen molar-refractivity contribution in [2.24, 2.45) is 5.41 Å². The second-order valence-electron chi connectivity index (χ2n) is 10.5. The third kappa shape index (κ3) is 5.93. The van der Waals surface area contributed by atoms with Crippen LogP contribution in [-0.4, -0.2) is 60.8 Å². The van der Waals surface area contributed by atoms with Gasteiger partial charge in [0.1, 0.15) is 0 Å². The van der Waals surface area contributed by atoms with Crippen LogP contribution in [0.25, 0.3) is 0 Å². The number of carbonyl (C=O) groups excluding carboxylic acids is 1. The van der Waals surface area contributed by atoms with E-state index in [4.69, 9.17) is 0 Å². The van der Waals surface area contributed by atoms with Crippen molar-refractivity contribution in [3.8, 4) is 5.75 Å². The predicted octanol–water partition coefficient (Wildman–Crippen LogP) is 4.94. The molecule has 1 aliphatic rings. The molecule has 3 heterocycles. The van der Waals surface area contributed by atoms with E-state index in [1.165, 1.54) is 0 Å². The van der Waals surface area contributed by atoms with Crippen LogP contribution in [-0.2, 0) is 0 Å². The number of rotatable bonds is 7. The lowest BCUT2D eigenvalue weighted by Crippen LogP contribution is -2.49. The molecule has 0 saturated carbocycles. The normalized spacial score (nSPS) is 14.6. The lowest BCUT2D eigenvalue weighted by atomic mass is 9.82. The van der Waals surface area contributed by atoms with E-state index in [0.29, 0.717) is 49.5 Å². The fourth-order valence-corrected chi connectivity index (χ4v) is 5.10. The first-order chi connectivity index (χ1) is 18.8. The summed E-state index contributed by atoms with van der Waals surface area (Å²) in [5, 5.41) is 17.8. The van der Waals surface area contributed by atoms with Crippen molar-refractivity contribution in [1.29, 1.82) is 0 Å². The van der Waals surface area contributed by atoms with Gasteiger partial charge in [-0.3, -0.25) is 4.79 Å². The van der Waals surface area contributed by atoms with Gasteiger partial charge in [0, 0.05) is 38.6 Å². The molecule has 1 saturated heterocycles. The smallest absolute Gasteiger partial charge is 0.257 e. The van der Waals surface area contributed by atoms with E-state index in [-0.39, 0.29) is 28.7 Å². The molecular formula is C28H32N8O2S. The molecule has 10 nitrogen and oxygen atoms in total. The summed E-state index contributed by atoms with van der Waals surface area (Å²) in [5.41, 5.74) is 1.66. The van der Waals surface area contributed by atoms with Gasteiger partial charge in [0.2, 0.25) is 5.95 Å². The Bertz CT molecular complexity index is 1400. The van der Waals surface area contributed by atoms with Gasteiger partial charge in [-0.1, -0.05) is 57.2 Å². The molecule has 202 valence electrons. The van der Waals surface area contributed by atoms with Crippen molar-refractivity contribution in [2.45, 2.75) is 26.8 Å². The number of nitrogens with zero attached hydrogens (tertiary/aromatic N) is 6. The van der Waals surface area contributed by atoms with Crippen molar-refractivity contribution in [1.82, 2.24) is 23.6 Å². The molecule has 1 atom stereocenters. The van der Waals surface area contributed by atoms with Gasteiger partial charge >= 0.3 is 0 Å². The molecule has 1 amide bonds. The standard InChI is InChI=1S/C28H32N8O2S/c1-28(2,3)23(19-9-5-4-6-10-19)32-25-24(33-39-34-25)31-21-12-7-11-20(22(21)37)26(38)35-15-17-36(18-16-35)27-29-13-8-14-30-27/h4-14,23,37H,15-18H2,1-3H3,(H,31,33)(H,32,34)/t23-/m0/s1. The number of amides is 1. The topological polar surface area (TPSA) is 119 Å². The summed E-state index contributed by atoms with van der Waals surface area (Å²) in [6.07, 6.45) is 3.42. The van der Waals surface area contributed by atoms with Crippen LogP contribution < -0.4 is 15.5 Å². The zero-order valence-corrected chi connectivity index (χ0v) is 23.0. The number of carbonyl (C=O) groups is 1. The monoisotopic (exact) mass is 544 g/mol. The molecule has 0 radical (unpaired) electrons. The maximum absolute atomic E-state index is 13.3. The minimum absolute atomic E-state index is 0.0235. The SMILES string of the molecule is CC(C)(C)[C@@H](Nc1nsnc1Nc1cccc(C(=O)N2CCN(c3ncccn3)CC2)c1O)c1ccccc1. The van der Waals surface area contributed by atoms with Crippen molar-refractivity contribution in [3.63, 3.8) is 0 Å². The molecule has 0 unspecified atom stereocenters. The third-order valence-corrected chi connectivity index (χ3v) is 7.22. The van der Waals surface area contributed by atoms with Gasteiger partial charge in [-0.05, 0) is 29.2 Å². The molecular weight excluding hydrogens is 512 g/mol. The molecule has 11 heteroatoms. The number of benzene rings is 2. The van der Waals surface area contributed by atoms with Gasteiger partial charge < -0.3 is 25.5 Å². The number of para-hydroxylation sites is 1. The Morgan fingerprint density at radius 1 is 0.923 bits per heavy atom. The van der Waals surface area contributed by atoms with Crippen LogP contribution in [0.2, 0.25) is 0 Å². The fourth-order valence-electron chi connectivity index (χ4n) is 4.63. The van der Waals surface area contributed by atoms with Gasteiger partial charge in [0.25, 0.3) is 5.91 Å². The molecule has 3 N–H and O–H groups in total. The number of hydrogen-bond donors (Lipinski definition) is 3. The summed E-state index contributed by atoms with van der Waals surface area (Å²) in [6.45, 7) is 8.74. The number of piperazine rings is 1. The van der Waals surface area contributed by atoms with Crippen LogP contribution in [0, 0.1) is 5.41 Å². The highest BCUT2D eigenvalue weighted by molar-refractivity contribution is 6.99. The summed E-state index contributed by atoms with van der Waals surface area (Å²) in [5.74, 6) is 1.38. The highest BCUT2D eigenvalue weighted by atomic mass is 32.1. The molecule has 39 heavy (non-hydrogen) atoms. The van der Waals surface area contributed by atoms with E-state index < -0.39 is 0 Å². The average molecular weight is 545 g/mol. The number of nitrogens with one attached hydrogen (secondary N) is 2. The van der Waals surface area contributed by atoms with E-state index in [9.17, 15) is 9.90 Å². The van der Waals surface area contributed by atoms with Gasteiger partial charge in [-0.25, -0.2) is 9.97 Å². The van der Waals surface area contributed by atoms with Gasteiger partial charge in [0.15, 0.2) is 17.4 Å². The second kappa shape index (κ2) is 11.2. The van der Waals surface area contributed by atoms with Gasteiger partial charge in [0.05, 0.1) is 29.0 Å².